The maximum absolute atomic E-state index is 13.1. The lowest BCUT2D eigenvalue weighted by molar-refractivity contribution is 0.439. The Labute approximate surface area is 201 Å². The van der Waals surface area contributed by atoms with Crippen molar-refractivity contribution in [3.63, 3.8) is 0 Å². The highest BCUT2D eigenvalue weighted by Crippen LogP contribution is 2.42. The van der Waals surface area contributed by atoms with Gasteiger partial charge in [0.25, 0.3) is 0 Å². The van der Waals surface area contributed by atoms with Gasteiger partial charge in [0.1, 0.15) is 28.5 Å². The predicted octanol–water partition coefficient (Wildman–Crippen LogP) is 5.14. The molecule has 0 bridgehead atoms. The second-order valence-corrected chi connectivity index (χ2v) is 8.72. The third-order valence-corrected chi connectivity index (χ3v) is 6.57. The molecule has 2 aromatic carbocycles. The van der Waals surface area contributed by atoms with E-state index in [0.29, 0.717) is 21.2 Å². The molecule has 5 rings (SSSR count). The zero-order valence-electron chi connectivity index (χ0n) is 17.8. The van der Waals surface area contributed by atoms with Crippen molar-refractivity contribution in [1.82, 2.24) is 9.97 Å². The highest BCUT2D eigenvalue weighted by molar-refractivity contribution is 6.32. The monoisotopic (exact) mass is 498 g/mol. The van der Waals surface area contributed by atoms with Crippen molar-refractivity contribution in [1.29, 1.82) is 0 Å². The normalized spacial score (nSPS) is 11.7. The molecule has 0 atom stereocenters. The minimum absolute atomic E-state index is 0.0975. The number of benzene rings is 2. The second kappa shape index (κ2) is 7.93. The van der Waals surface area contributed by atoms with E-state index in [9.17, 15) is 19.8 Å². The molecule has 3 N–H and O–H groups in total. The molecule has 0 saturated heterocycles. The van der Waals surface area contributed by atoms with Crippen LogP contribution in [0.15, 0.2) is 55.1 Å². The van der Waals surface area contributed by atoms with Crippen molar-refractivity contribution in [2.24, 2.45) is 0 Å². The topological polar surface area (TPSA) is 130 Å². The van der Waals surface area contributed by atoms with Crippen LogP contribution < -0.4 is 11.3 Å². The van der Waals surface area contributed by atoms with Gasteiger partial charge in [-0.05, 0) is 49.2 Å². The lowest BCUT2D eigenvalue weighted by Crippen LogP contribution is -2.22. The van der Waals surface area contributed by atoms with Crippen LogP contribution in [0.1, 0.15) is 34.0 Å². The molecule has 5 aromatic rings. The molecule has 0 unspecified atom stereocenters. The largest absolute Gasteiger partial charge is 0.507 e. The number of nitrogens with one attached hydrogen (secondary N) is 1. The Kier molecular flexibility index (Phi) is 5.15. The molecule has 0 aliphatic rings. The highest BCUT2D eigenvalue weighted by atomic mass is 35.5. The zero-order valence-corrected chi connectivity index (χ0v) is 19.3. The number of aromatic hydroxyl groups is 2. The maximum atomic E-state index is 13.1. The Bertz CT molecular complexity index is 1610. The van der Waals surface area contributed by atoms with Crippen molar-refractivity contribution in [3.8, 4) is 11.5 Å². The van der Waals surface area contributed by atoms with Crippen molar-refractivity contribution >= 4 is 45.1 Å². The molecule has 0 saturated carbocycles. The quantitative estimate of drug-likeness (QED) is 0.293. The summed E-state index contributed by atoms with van der Waals surface area (Å²) in [6, 6.07) is 5.96. The number of aromatic nitrogens is 2. The first kappa shape index (κ1) is 22.1. The van der Waals surface area contributed by atoms with Gasteiger partial charge >= 0.3 is 11.3 Å². The summed E-state index contributed by atoms with van der Waals surface area (Å²) in [4.78, 5) is 33.2. The van der Waals surface area contributed by atoms with Crippen molar-refractivity contribution < 1.29 is 19.0 Å². The molecule has 3 aromatic heterocycles. The predicted molar refractivity (Wildman–Crippen MR) is 127 cm³/mol. The van der Waals surface area contributed by atoms with Gasteiger partial charge in [-0.2, -0.15) is 0 Å². The lowest BCUT2D eigenvalue weighted by atomic mass is 9.89. The van der Waals surface area contributed by atoms with E-state index in [2.05, 4.69) is 9.97 Å². The van der Waals surface area contributed by atoms with Crippen LogP contribution in [0.4, 0.5) is 0 Å². The zero-order chi connectivity index (χ0) is 24.3. The molecule has 10 heteroatoms. The van der Waals surface area contributed by atoms with Gasteiger partial charge in [-0.3, -0.25) is 0 Å². The lowest BCUT2D eigenvalue weighted by Gasteiger charge is -2.18. The molecule has 34 heavy (non-hydrogen) atoms. The summed E-state index contributed by atoms with van der Waals surface area (Å²) in [7, 11) is 0. The third kappa shape index (κ3) is 3.34. The summed E-state index contributed by atoms with van der Waals surface area (Å²) < 4.78 is 10.9. The first-order valence-electron chi connectivity index (χ1n) is 10.1. The van der Waals surface area contributed by atoms with Crippen LogP contribution in [0.3, 0.4) is 0 Å². The number of H-pyrrole nitrogens is 1. The van der Waals surface area contributed by atoms with Gasteiger partial charge in [-0.1, -0.05) is 23.2 Å². The number of rotatable bonds is 3. The minimum atomic E-state index is -1.35. The van der Waals surface area contributed by atoms with Crippen LogP contribution in [0, 0.1) is 13.8 Å². The molecule has 8 nitrogen and oxygen atoms in total. The summed E-state index contributed by atoms with van der Waals surface area (Å²) in [5, 5.41) is 23.3. The van der Waals surface area contributed by atoms with Gasteiger partial charge in [-0.15, -0.1) is 0 Å². The second-order valence-electron chi connectivity index (χ2n) is 7.91. The third-order valence-electron chi connectivity index (χ3n) is 5.76. The van der Waals surface area contributed by atoms with Gasteiger partial charge in [0.05, 0.1) is 27.8 Å². The van der Waals surface area contributed by atoms with Crippen LogP contribution in [0.5, 0.6) is 11.5 Å². The van der Waals surface area contributed by atoms with E-state index in [0.717, 1.165) is 0 Å². The van der Waals surface area contributed by atoms with E-state index in [1.54, 1.807) is 13.8 Å². The number of imidazole rings is 1. The molecule has 0 aliphatic carbocycles. The van der Waals surface area contributed by atoms with Crippen molar-refractivity contribution in [2.75, 3.05) is 0 Å². The van der Waals surface area contributed by atoms with Gasteiger partial charge in [0.15, 0.2) is 0 Å². The van der Waals surface area contributed by atoms with Crippen LogP contribution in [-0.4, -0.2) is 20.2 Å². The van der Waals surface area contributed by atoms with Crippen molar-refractivity contribution in [3.05, 3.63) is 95.6 Å². The first-order valence-corrected chi connectivity index (χ1v) is 10.8. The fourth-order valence-electron chi connectivity index (χ4n) is 4.00. The van der Waals surface area contributed by atoms with E-state index >= 15 is 0 Å². The van der Waals surface area contributed by atoms with Crippen LogP contribution in [0.2, 0.25) is 10.0 Å². The minimum Gasteiger partial charge on any atom is -0.507 e. The van der Waals surface area contributed by atoms with Gasteiger partial charge in [0, 0.05) is 22.4 Å². The fourth-order valence-corrected chi connectivity index (χ4v) is 4.33. The summed E-state index contributed by atoms with van der Waals surface area (Å²) in [5.41, 5.74) is -0.959. The van der Waals surface area contributed by atoms with Gasteiger partial charge in [-0.25, -0.2) is 14.6 Å². The molecular weight excluding hydrogens is 483 g/mol. The van der Waals surface area contributed by atoms with Crippen molar-refractivity contribution in [2.45, 2.75) is 19.8 Å². The SMILES string of the molecule is Cc1cc2oc(=O)c(C(c3ncc[nH]3)c3c(O)c4cc(Cl)c(C)cc4oc3=O)c(O)c2cc1Cl. The number of aromatic amines is 1. The number of hydrogen-bond donors (Lipinski definition) is 3. The molecule has 0 radical (unpaired) electrons. The summed E-state index contributed by atoms with van der Waals surface area (Å²) in [6.07, 6.45) is 2.88. The van der Waals surface area contributed by atoms with Crippen LogP contribution in [0.25, 0.3) is 21.9 Å². The molecule has 0 spiro atoms. The smallest absolute Gasteiger partial charge is 0.344 e. The highest BCUT2D eigenvalue weighted by Gasteiger charge is 2.34. The average Bonchev–Trinajstić information content (AvgIpc) is 3.30. The number of nitrogens with zero attached hydrogens (tertiary/aromatic N) is 1. The maximum Gasteiger partial charge on any atom is 0.344 e. The van der Waals surface area contributed by atoms with E-state index in [1.807, 2.05) is 0 Å². The Balaban J connectivity index is 1.89. The van der Waals surface area contributed by atoms with E-state index in [1.165, 1.54) is 36.7 Å². The Morgan fingerprint density at radius 1 is 0.853 bits per heavy atom. The number of hydrogen-bond acceptors (Lipinski definition) is 7. The molecule has 0 aliphatic heterocycles. The Hall–Kier alpha value is -3.75. The number of fused-ring (bicyclic) bond motifs is 2. The van der Waals surface area contributed by atoms with E-state index in [4.69, 9.17) is 32.0 Å². The number of aryl methyl sites for hydroxylation is 2. The van der Waals surface area contributed by atoms with Crippen LogP contribution >= 0.6 is 23.2 Å². The van der Waals surface area contributed by atoms with Gasteiger partial charge < -0.3 is 24.0 Å². The molecule has 0 fully saturated rings. The first-order chi connectivity index (χ1) is 16.2. The molecule has 0 amide bonds. The number of halogens is 2. The summed E-state index contributed by atoms with van der Waals surface area (Å²) in [6.45, 7) is 3.45. The van der Waals surface area contributed by atoms with E-state index < -0.39 is 28.7 Å². The fraction of sp³-hybridized carbons (Fsp3) is 0.125. The average molecular weight is 499 g/mol. The Morgan fingerprint density at radius 2 is 1.32 bits per heavy atom. The Morgan fingerprint density at radius 3 is 1.74 bits per heavy atom. The standard InChI is InChI=1S/C24H16Cl2N2O6/c1-9-5-15-11(7-13(9)25)20(29)18(23(31)33-15)17(22-27-3-4-28-22)19-21(30)12-8-14(26)10(2)6-16(12)34-24(19)32/h3-8,17,29-30H,1-2H3,(H,27,28). The molecular formula is C24H16Cl2N2O6. The molecule has 172 valence electrons. The van der Waals surface area contributed by atoms with E-state index in [-0.39, 0.29) is 38.9 Å². The summed E-state index contributed by atoms with van der Waals surface area (Å²) >= 11 is 12.4. The van der Waals surface area contributed by atoms with Crippen LogP contribution in [-0.2, 0) is 0 Å². The summed E-state index contributed by atoms with van der Waals surface area (Å²) in [5.74, 6) is -2.18. The molecule has 3 heterocycles. The van der Waals surface area contributed by atoms with Gasteiger partial charge in [0.2, 0.25) is 0 Å².